The van der Waals surface area contributed by atoms with Gasteiger partial charge in [-0.1, -0.05) is 53.6 Å². The third kappa shape index (κ3) is 3.23. The quantitative estimate of drug-likeness (QED) is 0.912. The number of aliphatic carboxylic acids is 1. The van der Waals surface area contributed by atoms with Crippen LogP contribution in [0.2, 0.25) is 0 Å². The molecular weight excluding hydrogens is 338 g/mol. The highest BCUT2D eigenvalue weighted by atomic mass is 32.2. The van der Waals surface area contributed by atoms with Gasteiger partial charge in [-0.15, -0.1) is 0 Å². The van der Waals surface area contributed by atoms with Crippen molar-refractivity contribution in [2.75, 3.05) is 6.54 Å². The second-order valence-corrected chi connectivity index (χ2v) is 8.06. The molecule has 0 saturated heterocycles. The van der Waals surface area contributed by atoms with E-state index in [0.717, 1.165) is 11.1 Å². The first kappa shape index (κ1) is 17.4. The zero-order valence-electron chi connectivity index (χ0n) is 14.0. The number of hydrogen-bond donors (Lipinski definition) is 1. The molecule has 0 bridgehead atoms. The number of benzene rings is 2. The Morgan fingerprint density at radius 1 is 1.00 bits per heavy atom. The van der Waals surface area contributed by atoms with Gasteiger partial charge in [0.2, 0.25) is 10.0 Å². The molecule has 0 unspecified atom stereocenters. The van der Waals surface area contributed by atoms with Gasteiger partial charge in [0.15, 0.2) is 0 Å². The Kier molecular flexibility index (Phi) is 4.49. The van der Waals surface area contributed by atoms with Crippen LogP contribution in [-0.2, 0) is 14.8 Å². The van der Waals surface area contributed by atoms with Crippen molar-refractivity contribution in [2.24, 2.45) is 0 Å². The molecular formula is C19H19NO4S. The maximum absolute atomic E-state index is 13.1. The fourth-order valence-corrected chi connectivity index (χ4v) is 4.48. The van der Waals surface area contributed by atoms with Crippen LogP contribution in [-0.4, -0.2) is 30.3 Å². The lowest BCUT2D eigenvalue weighted by Crippen LogP contribution is -2.33. The second kappa shape index (κ2) is 6.46. The summed E-state index contributed by atoms with van der Waals surface area (Å²) < 4.78 is 27.4. The Morgan fingerprint density at radius 2 is 1.52 bits per heavy atom. The van der Waals surface area contributed by atoms with Crippen molar-refractivity contribution in [1.82, 2.24) is 4.31 Å². The van der Waals surface area contributed by atoms with E-state index in [1.807, 2.05) is 26.0 Å². The van der Waals surface area contributed by atoms with Crippen molar-refractivity contribution in [2.45, 2.75) is 24.8 Å². The van der Waals surface area contributed by atoms with Gasteiger partial charge < -0.3 is 5.11 Å². The molecule has 1 aliphatic heterocycles. The predicted octanol–water partition coefficient (Wildman–Crippen LogP) is 3.06. The first-order valence-electron chi connectivity index (χ1n) is 7.89. The summed E-state index contributed by atoms with van der Waals surface area (Å²) in [6, 6.07) is 13.0. The number of sulfonamides is 1. The molecule has 0 radical (unpaired) electrons. The van der Waals surface area contributed by atoms with Crippen molar-refractivity contribution >= 4 is 16.0 Å². The molecule has 2 aromatic carbocycles. The van der Waals surface area contributed by atoms with Gasteiger partial charge in [0.25, 0.3) is 0 Å². The van der Waals surface area contributed by atoms with Crippen molar-refractivity contribution in [1.29, 1.82) is 0 Å². The van der Waals surface area contributed by atoms with E-state index in [9.17, 15) is 18.3 Å². The molecule has 3 rings (SSSR count). The highest BCUT2D eigenvalue weighted by Gasteiger charge is 2.40. The van der Waals surface area contributed by atoms with Crippen LogP contribution < -0.4 is 0 Å². The van der Waals surface area contributed by atoms with Crippen molar-refractivity contribution in [3.8, 4) is 0 Å². The van der Waals surface area contributed by atoms with Gasteiger partial charge in [-0.2, -0.15) is 4.31 Å². The van der Waals surface area contributed by atoms with E-state index in [-0.39, 0.29) is 17.0 Å². The van der Waals surface area contributed by atoms with Gasteiger partial charge in [-0.3, -0.25) is 0 Å². The van der Waals surface area contributed by atoms with Crippen LogP contribution in [0.15, 0.2) is 65.1 Å². The highest BCUT2D eigenvalue weighted by Crippen LogP contribution is 2.37. The summed E-state index contributed by atoms with van der Waals surface area (Å²) in [5, 5.41) is 9.50. The Morgan fingerprint density at radius 3 is 2.04 bits per heavy atom. The number of carboxylic acid groups (broad SMARTS) is 1. The molecule has 2 aromatic rings. The number of carbonyl (C=O) groups is 1. The highest BCUT2D eigenvalue weighted by molar-refractivity contribution is 7.89. The normalized spacial score (nSPS) is 18.2. The van der Waals surface area contributed by atoms with Crippen LogP contribution in [0.25, 0.3) is 0 Å². The molecule has 1 N–H and O–H groups in total. The van der Waals surface area contributed by atoms with Gasteiger partial charge in [0.1, 0.15) is 0 Å². The lowest BCUT2D eigenvalue weighted by atomic mass is 10.00. The third-order valence-electron chi connectivity index (χ3n) is 4.34. The summed E-state index contributed by atoms with van der Waals surface area (Å²) in [5.41, 5.74) is 2.71. The molecule has 0 saturated carbocycles. The van der Waals surface area contributed by atoms with Gasteiger partial charge in [0.05, 0.1) is 16.5 Å². The Hall–Kier alpha value is -2.44. The minimum Gasteiger partial charge on any atom is -0.478 e. The molecule has 25 heavy (non-hydrogen) atoms. The van der Waals surface area contributed by atoms with Crippen LogP contribution >= 0.6 is 0 Å². The zero-order chi connectivity index (χ0) is 18.2. The zero-order valence-corrected chi connectivity index (χ0v) is 14.8. The molecule has 1 aliphatic rings. The van der Waals surface area contributed by atoms with E-state index in [0.29, 0.717) is 5.56 Å². The molecule has 0 amide bonds. The molecule has 130 valence electrons. The van der Waals surface area contributed by atoms with Crippen molar-refractivity contribution in [3.63, 3.8) is 0 Å². The topological polar surface area (TPSA) is 74.7 Å². The second-order valence-electron chi connectivity index (χ2n) is 6.17. The maximum Gasteiger partial charge on any atom is 0.333 e. The van der Waals surface area contributed by atoms with Crippen LogP contribution in [0.5, 0.6) is 0 Å². The van der Waals surface area contributed by atoms with Gasteiger partial charge in [0, 0.05) is 6.54 Å². The van der Waals surface area contributed by atoms with Gasteiger partial charge >= 0.3 is 5.97 Å². The molecule has 0 fully saturated rings. The molecule has 1 heterocycles. The minimum absolute atomic E-state index is 0.0381. The number of carboxylic acids is 1. The lowest BCUT2D eigenvalue weighted by molar-refractivity contribution is -0.133. The summed E-state index contributed by atoms with van der Waals surface area (Å²) in [6.07, 6.45) is 1.47. The molecule has 1 atom stereocenters. The number of nitrogens with zero attached hydrogens (tertiary/aromatic N) is 1. The van der Waals surface area contributed by atoms with Crippen LogP contribution in [0.1, 0.15) is 22.7 Å². The first-order valence-corrected chi connectivity index (χ1v) is 9.33. The van der Waals surface area contributed by atoms with Gasteiger partial charge in [-0.25, -0.2) is 13.2 Å². The van der Waals surface area contributed by atoms with E-state index < -0.39 is 22.0 Å². The maximum atomic E-state index is 13.1. The predicted molar refractivity (Wildman–Crippen MR) is 94.7 cm³/mol. The fourth-order valence-electron chi connectivity index (χ4n) is 2.94. The minimum atomic E-state index is -3.81. The van der Waals surface area contributed by atoms with Gasteiger partial charge in [-0.05, 0) is 31.5 Å². The molecule has 6 heteroatoms. The lowest BCUT2D eigenvalue weighted by Gasteiger charge is -2.26. The van der Waals surface area contributed by atoms with Crippen molar-refractivity contribution < 1.29 is 18.3 Å². The fraction of sp³-hybridized carbons (Fsp3) is 0.211. The summed E-state index contributed by atoms with van der Waals surface area (Å²) in [4.78, 5) is 11.8. The molecule has 0 aliphatic carbocycles. The Balaban J connectivity index is 2.06. The molecule has 0 spiro atoms. The smallest absolute Gasteiger partial charge is 0.333 e. The number of aryl methyl sites for hydroxylation is 2. The Labute approximate surface area is 147 Å². The monoisotopic (exact) mass is 357 g/mol. The van der Waals surface area contributed by atoms with E-state index in [1.165, 1.54) is 10.4 Å². The SMILES string of the molecule is Cc1ccc([C@H]2C(C(=O)O)=CCN2S(=O)(=O)c2ccc(C)cc2)cc1. The van der Waals surface area contributed by atoms with Crippen molar-refractivity contribution in [3.05, 3.63) is 76.9 Å². The number of hydrogen-bond acceptors (Lipinski definition) is 3. The van der Waals surface area contributed by atoms with Crippen LogP contribution in [0.3, 0.4) is 0 Å². The van der Waals surface area contributed by atoms with E-state index in [4.69, 9.17) is 0 Å². The van der Waals surface area contributed by atoms with E-state index >= 15 is 0 Å². The van der Waals surface area contributed by atoms with E-state index in [2.05, 4.69) is 0 Å². The standard InChI is InChI=1S/C19H19NO4S/c1-13-3-7-15(8-4-13)18-17(19(21)22)11-12-20(18)25(23,24)16-9-5-14(2)6-10-16/h3-11,18H,12H2,1-2H3,(H,21,22)/t18-/m0/s1. The van der Waals surface area contributed by atoms with Crippen LogP contribution in [0.4, 0.5) is 0 Å². The Bertz CT molecular complexity index is 928. The third-order valence-corrected chi connectivity index (χ3v) is 6.19. The summed E-state index contributed by atoms with van der Waals surface area (Å²) >= 11 is 0. The first-order chi connectivity index (χ1) is 11.8. The average Bonchev–Trinajstić information content (AvgIpc) is 3.02. The van der Waals surface area contributed by atoms with Crippen LogP contribution in [0, 0.1) is 13.8 Å². The average molecular weight is 357 g/mol. The molecule has 0 aromatic heterocycles. The largest absolute Gasteiger partial charge is 0.478 e. The van der Waals surface area contributed by atoms with E-state index in [1.54, 1.807) is 36.4 Å². The molecule has 5 nitrogen and oxygen atoms in total. The number of rotatable bonds is 4. The summed E-state index contributed by atoms with van der Waals surface area (Å²) in [7, 11) is -3.81. The summed E-state index contributed by atoms with van der Waals surface area (Å²) in [5.74, 6) is -1.10. The summed E-state index contributed by atoms with van der Waals surface area (Å²) in [6.45, 7) is 3.84.